The highest BCUT2D eigenvalue weighted by molar-refractivity contribution is 6.02. The summed E-state index contributed by atoms with van der Waals surface area (Å²) in [6.45, 7) is 1.31. The van der Waals surface area contributed by atoms with Crippen molar-refractivity contribution < 1.29 is 14.4 Å². The largest absolute Gasteiger partial charge is 0.343 e. The van der Waals surface area contributed by atoms with Crippen LogP contribution in [0.2, 0.25) is 0 Å². The summed E-state index contributed by atoms with van der Waals surface area (Å²) in [5.74, 6) is -0.0200. The quantitative estimate of drug-likeness (QED) is 0.848. The Bertz CT molecular complexity index is 578. The van der Waals surface area contributed by atoms with E-state index in [4.69, 9.17) is 0 Å². The highest BCUT2D eigenvalue weighted by atomic mass is 16.2. The molecule has 0 bridgehead atoms. The van der Waals surface area contributed by atoms with Crippen LogP contribution in [0.3, 0.4) is 0 Å². The first-order valence-electron chi connectivity index (χ1n) is 8.07. The van der Waals surface area contributed by atoms with E-state index in [0.717, 1.165) is 12.0 Å². The Hall–Kier alpha value is -2.37. The number of rotatable bonds is 4. The van der Waals surface area contributed by atoms with Crippen LogP contribution in [0.1, 0.15) is 24.8 Å². The number of nitrogens with one attached hydrogen (secondary N) is 1. The second-order valence-corrected chi connectivity index (χ2v) is 6.02. The lowest BCUT2D eigenvalue weighted by molar-refractivity contribution is -0.133. The molecule has 0 spiro atoms. The number of benzene rings is 1. The predicted octanol–water partition coefficient (Wildman–Crippen LogP) is 1.16. The fourth-order valence-corrected chi connectivity index (χ4v) is 3.23. The Morgan fingerprint density at radius 2 is 1.83 bits per heavy atom. The Balaban J connectivity index is 1.48. The summed E-state index contributed by atoms with van der Waals surface area (Å²) in [6, 6.07) is 9.58. The van der Waals surface area contributed by atoms with E-state index < -0.39 is 0 Å². The molecule has 4 amide bonds. The van der Waals surface area contributed by atoms with Crippen LogP contribution >= 0.6 is 0 Å². The summed E-state index contributed by atoms with van der Waals surface area (Å²) in [6.07, 6.45) is 2.57. The van der Waals surface area contributed by atoms with Crippen molar-refractivity contribution in [3.05, 3.63) is 35.9 Å². The van der Waals surface area contributed by atoms with E-state index in [1.165, 1.54) is 4.90 Å². The molecule has 1 N–H and O–H groups in total. The summed E-state index contributed by atoms with van der Waals surface area (Å²) in [4.78, 5) is 38.9. The van der Waals surface area contributed by atoms with Gasteiger partial charge in [0.2, 0.25) is 11.8 Å². The third kappa shape index (κ3) is 3.52. The lowest BCUT2D eigenvalue weighted by atomic mass is 10.0. The van der Waals surface area contributed by atoms with Gasteiger partial charge in [-0.2, -0.15) is 0 Å². The number of nitrogens with zero attached hydrogens (tertiary/aromatic N) is 2. The summed E-state index contributed by atoms with van der Waals surface area (Å²) in [5, 5.41) is 2.55. The number of imide groups is 1. The van der Waals surface area contributed by atoms with E-state index in [2.05, 4.69) is 5.32 Å². The van der Waals surface area contributed by atoms with Gasteiger partial charge in [0.15, 0.2) is 0 Å². The van der Waals surface area contributed by atoms with Crippen molar-refractivity contribution in [2.45, 2.75) is 31.7 Å². The van der Waals surface area contributed by atoms with Crippen LogP contribution in [0, 0.1) is 0 Å². The van der Waals surface area contributed by atoms with Crippen LogP contribution in [-0.2, 0) is 16.0 Å². The first kappa shape index (κ1) is 15.5. The number of carbonyl (C=O) groups excluding carboxylic acids is 3. The van der Waals surface area contributed by atoms with Crippen LogP contribution in [-0.4, -0.2) is 53.3 Å². The van der Waals surface area contributed by atoms with Crippen molar-refractivity contribution in [2.75, 3.05) is 19.6 Å². The molecule has 23 heavy (non-hydrogen) atoms. The van der Waals surface area contributed by atoms with Gasteiger partial charge in [-0.15, -0.1) is 0 Å². The van der Waals surface area contributed by atoms with Gasteiger partial charge in [-0.1, -0.05) is 30.3 Å². The second-order valence-electron chi connectivity index (χ2n) is 6.02. The predicted molar refractivity (Wildman–Crippen MR) is 84.6 cm³/mol. The molecule has 6 heteroatoms. The van der Waals surface area contributed by atoms with Crippen LogP contribution in [0.5, 0.6) is 0 Å². The fourth-order valence-electron chi connectivity index (χ4n) is 3.23. The first-order valence-corrected chi connectivity index (χ1v) is 8.07. The molecular weight excluding hydrogens is 294 g/mol. The molecule has 122 valence electrons. The zero-order valence-electron chi connectivity index (χ0n) is 13.0. The number of likely N-dealkylation sites (tertiary alicyclic amines) is 1. The van der Waals surface area contributed by atoms with E-state index in [-0.39, 0.29) is 30.4 Å². The average molecular weight is 315 g/mol. The average Bonchev–Trinajstić information content (AvgIpc) is 2.92. The monoisotopic (exact) mass is 315 g/mol. The topological polar surface area (TPSA) is 69.7 Å². The molecule has 0 unspecified atom stereocenters. The van der Waals surface area contributed by atoms with Gasteiger partial charge in [0, 0.05) is 25.6 Å². The third-order valence-corrected chi connectivity index (χ3v) is 4.53. The van der Waals surface area contributed by atoms with E-state index in [1.54, 1.807) is 0 Å². The van der Waals surface area contributed by atoms with Gasteiger partial charge in [0.05, 0.1) is 6.54 Å². The summed E-state index contributed by atoms with van der Waals surface area (Å²) in [7, 11) is 0. The normalized spacial score (nSPS) is 19.1. The van der Waals surface area contributed by atoms with Crippen LogP contribution in [0.4, 0.5) is 4.79 Å². The Morgan fingerprint density at radius 1 is 1.13 bits per heavy atom. The molecule has 6 nitrogen and oxygen atoms in total. The molecule has 2 saturated heterocycles. The Morgan fingerprint density at radius 3 is 2.43 bits per heavy atom. The zero-order valence-corrected chi connectivity index (χ0v) is 13.0. The molecule has 0 radical (unpaired) electrons. The smallest absolute Gasteiger partial charge is 0.324 e. The van der Waals surface area contributed by atoms with Crippen molar-refractivity contribution in [2.24, 2.45) is 0 Å². The standard InChI is InChI=1S/C17H21N3O3/c21-15(7-6-13-4-2-1-3-5-13)19-10-8-14(9-11-19)20-16(22)12-18-17(20)23/h1-5,14H,6-12H2,(H,18,23). The Labute approximate surface area is 135 Å². The number of hydrogen-bond acceptors (Lipinski definition) is 3. The van der Waals surface area contributed by atoms with Gasteiger partial charge in [-0.3, -0.25) is 14.5 Å². The summed E-state index contributed by atoms with van der Waals surface area (Å²) in [5.41, 5.74) is 1.16. The zero-order chi connectivity index (χ0) is 16.2. The molecular formula is C17H21N3O3. The summed E-state index contributed by atoms with van der Waals surface area (Å²) < 4.78 is 0. The lowest BCUT2D eigenvalue weighted by Gasteiger charge is -2.35. The van der Waals surface area contributed by atoms with E-state index in [0.29, 0.717) is 32.4 Å². The van der Waals surface area contributed by atoms with Crippen molar-refractivity contribution in [3.8, 4) is 0 Å². The van der Waals surface area contributed by atoms with Crippen LogP contribution in [0.25, 0.3) is 0 Å². The molecule has 2 heterocycles. The van der Waals surface area contributed by atoms with Crippen LogP contribution < -0.4 is 5.32 Å². The van der Waals surface area contributed by atoms with Gasteiger partial charge < -0.3 is 10.2 Å². The number of urea groups is 1. The maximum Gasteiger partial charge on any atom is 0.324 e. The molecule has 2 aliphatic heterocycles. The van der Waals surface area contributed by atoms with Gasteiger partial charge >= 0.3 is 6.03 Å². The van der Waals surface area contributed by atoms with E-state index in [1.807, 2.05) is 35.2 Å². The van der Waals surface area contributed by atoms with Crippen molar-refractivity contribution in [3.63, 3.8) is 0 Å². The number of carbonyl (C=O) groups is 3. The van der Waals surface area contributed by atoms with Gasteiger partial charge in [0.1, 0.15) is 0 Å². The van der Waals surface area contributed by atoms with Crippen LogP contribution in [0.15, 0.2) is 30.3 Å². The minimum absolute atomic E-state index is 0.0804. The fraction of sp³-hybridized carbons (Fsp3) is 0.471. The molecule has 0 aliphatic carbocycles. The molecule has 3 rings (SSSR count). The van der Waals surface area contributed by atoms with E-state index in [9.17, 15) is 14.4 Å². The Kier molecular flexibility index (Phi) is 4.60. The molecule has 2 fully saturated rings. The van der Waals surface area contributed by atoms with Crippen molar-refractivity contribution in [1.29, 1.82) is 0 Å². The maximum atomic E-state index is 12.3. The molecule has 0 atom stereocenters. The van der Waals surface area contributed by atoms with Gasteiger partial charge in [-0.05, 0) is 24.8 Å². The molecule has 2 aliphatic rings. The molecule has 1 aromatic rings. The lowest BCUT2D eigenvalue weighted by Crippen LogP contribution is -2.49. The minimum Gasteiger partial charge on any atom is -0.343 e. The first-order chi connectivity index (χ1) is 11.1. The number of aryl methyl sites for hydroxylation is 1. The molecule has 0 aromatic heterocycles. The number of hydrogen-bond donors (Lipinski definition) is 1. The maximum absolute atomic E-state index is 12.3. The molecule has 1 aromatic carbocycles. The second kappa shape index (κ2) is 6.81. The van der Waals surface area contributed by atoms with Crippen molar-refractivity contribution in [1.82, 2.24) is 15.1 Å². The number of piperidine rings is 1. The molecule has 0 saturated carbocycles. The van der Waals surface area contributed by atoms with Gasteiger partial charge in [-0.25, -0.2) is 4.79 Å². The minimum atomic E-state index is -0.302. The summed E-state index contributed by atoms with van der Waals surface area (Å²) >= 11 is 0. The highest BCUT2D eigenvalue weighted by Gasteiger charge is 2.37. The number of amides is 4. The highest BCUT2D eigenvalue weighted by Crippen LogP contribution is 2.19. The SMILES string of the molecule is O=C(CCc1ccccc1)N1CCC(N2C(=O)CNC2=O)CC1. The third-order valence-electron chi connectivity index (χ3n) is 4.53. The van der Waals surface area contributed by atoms with Crippen molar-refractivity contribution >= 4 is 17.8 Å². The van der Waals surface area contributed by atoms with E-state index >= 15 is 0 Å². The van der Waals surface area contributed by atoms with Gasteiger partial charge in [0.25, 0.3) is 0 Å².